The van der Waals surface area contributed by atoms with E-state index in [1.54, 1.807) is 23.5 Å². The van der Waals surface area contributed by atoms with Crippen LogP contribution in [0.5, 0.6) is 5.75 Å². The quantitative estimate of drug-likeness (QED) is 0.129. The summed E-state index contributed by atoms with van der Waals surface area (Å²) >= 11 is 1.59. The predicted octanol–water partition coefficient (Wildman–Crippen LogP) is 5.76. The Kier molecular flexibility index (Phi) is 13.5. The minimum Gasteiger partial charge on any atom is -0.507 e. The van der Waals surface area contributed by atoms with Crippen LogP contribution < -0.4 is 15.5 Å². The van der Waals surface area contributed by atoms with Crippen LogP contribution in [0.1, 0.15) is 77.1 Å². The van der Waals surface area contributed by atoms with Gasteiger partial charge in [-0.15, -0.1) is 21.5 Å². The van der Waals surface area contributed by atoms with Crippen molar-refractivity contribution in [3.05, 3.63) is 71.4 Å². The molecule has 336 valence electrons. The summed E-state index contributed by atoms with van der Waals surface area (Å²) < 4.78 is 0. The number of anilines is 2. The molecule has 0 aliphatic carbocycles. The summed E-state index contributed by atoms with van der Waals surface area (Å²) in [6.07, 6.45) is 2.00. The molecule has 3 saturated heterocycles. The zero-order chi connectivity index (χ0) is 44.4. The van der Waals surface area contributed by atoms with E-state index < -0.39 is 23.5 Å². The van der Waals surface area contributed by atoms with Gasteiger partial charge in [0.2, 0.25) is 11.8 Å². The lowest BCUT2D eigenvalue weighted by Gasteiger charge is -2.47. The molecule has 8 rings (SSSR count). The summed E-state index contributed by atoms with van der Waals surface area (Å²) in [5.41, 5.74) is 6.69. The third kappa shape index (κ3) is 10.2. The standard InChI is InChI=1S/C48H63N9O5S/c1-30(33-10-12-34(13-11-33)44-31(2)50-29-63-44)51-46(61)42-23-37(59)28-57(42)47(62)39(48(3,4)5)22-36(58)16-19-54-17-14-32(15-18-54)26-55-20-21-56-35(27-55)25-49-45-41(56)24-40(52-53-45)38-8-6-7-9-43(38)60/h6-13,24,29-30,32,35,37,39,42,59-60H,14-23,25-28H2,1-5H3,(H,49,53)(H,51,61)/t30-,35?,37+,39+,42-/m0/s1. The molecular weight excluding hydrogens is 815 g/mol. The monoisotopic (exact) mass is 877 g/mol. The number of piperazine rings is 1. The van der Waals surface area contributed by atoms with Crippen molar-refractivity contribution >= 4 is 40.4 Å². The van der Waals surface area contributed by atoms with Crippen LogP contribution in [0.25, 0.3) is 21.7 Å². The molecule has 2 aromatic carbocycles. The second-order valence-corrected chi connectivity index (χ2v) is 20.0. The lowest BCUT2D eigenvalue weighted by molar-refractivity contribution is -0.146. The third-order valence-corrected chi connectivity index (χ3v) is 14.7. The number of Topliss-reactive ketones (excluding diaryl/α,β-unsaturated/α-hetero) is 1. The van der Waals surface area contributed by atoms with Crippen LogP contribution in [0, 0.1) is 24.2 Å². The van der Waals surface area contributed by atoms with Gasteiger partial charge in [0, 0.05) is 76.6 Å². The van der Waals surface area contributed by atoms with Gasteiger partial charge in [-0.2, -0.15) is 0 Å². The highest BCUT2D eigenvalue weighted by Gasteiger charge is 2.45. The SMILES string of the molecule is Cc1ncsc1-c1ccc([C@H](C)NC(=O)[C@@H]2C[C@@H](O)CN2C(=O)[C@@H](CC(=O)CCN2CCC(CN3CCN4c5cc(-c6ccccc6O)nnc5NCC4C3)CC2)C(C)(C)C)cc1. The van der Waals surface area contributed by atoms with E-state index in [1.165, 1.54) is 4.90 Å². The van der Waals surface area contributed by atoms with Gasteiger partial charge >= 0.3 is 0 Å². The fourth-order valence-corrected chi connectivity index (χ4v) is 10.7. The summed E-state index contributed by atoms with van der Waals surface area (Å²) in [7, 11) is 0. The number of carbonyl (C=O) groups excluding carboxylic acids is 3. The second-order valence-electron chi connectivity index (χ2n) is 19.2. The summed E-state index contributed by atoms with van der Waals surface area (Å²) in [5, 5.41) is 36.6. The lowest BCUT2D eigenvalue weighted by atomic mass is 9.76. The molecule has 0 bridgehead atoms. The number of ketones is 1. The molecule has 63 heavy (non-hydrogen) atoms. The Hall–Kier alpha value is -4.96. The van der Waals surface area contributed by atoms with Crippen molar-refractivity contribution in [1.82, 2.24) is 35.2 Å². The highest BCUT2D eigenvalue weighted by Crippen LogP contribution is 2.37. The Morgan fingerprint density at radius 1 is 0.984 bits per heavy atom. The van der Waals surface area contributed by atoms with Crippen LogP contribution in [0.2, 0.25) is 0 Å². The number of fused-ring (bicyclic) bond motifs is 3. The minimum absolute atomic E-state index is 0.0518. The zero-order valence-electron chi connectivity index (χ0n) is 37.3. The van der Waals surface area contributed by atoms with Gasteiger partial charge in [-0.25, -0.2) is 4.98 Å². The van der Waals surface area contributed by atoms with Gasteiger partial charge in [0.25, 0.3) is 0 Å². The smallest absolute Gasteiger partial charge is 0.243 e. The van der Waals surface area contributed by atoms with Crippen molar-refractivity contribution in [2.24, 2.45) is 17.3 Å². The minimum atomic E-state index is -0.812. The number of nitrogens with one attached hydrogen (secondary N) is 2. The fraction of sp³-hybridized carbons (Fsp3) is 0.542. The molecule has 2 amide bonds. The molecule has 0 radical (unpaired) electrons. The number of rotatable bonds is 13. The molecule has 2 aromatic heterocycles. The lowest BCUT2D eigenvalue weighted by Crippen LogP contribution is -2.58. The number of carbonyl (C=O) groups is 3. The van der Waals surface area contributed by atoms with E-state index in [-0.39, 0.29) is 48.8 Å². The van der Waals surface area contributed by atoms with E-state index in [1.807, 2.05) is 82.6 Å². The molecule has 5 atom stereocenters. The number of benzene rings is 2. The number of phenolic OH excluding ortho intramolecular Hbond substituents is 1. The number of aromatic hydroxyl groups is 1. The van der Waals surface area contributed by atoms with E-state index >= 15 is 0 Å². The number of thiazole rings is 1. The van der Waals surface area contributed by atoms with Gasteiger partial charge in [-0.3, -0.25) is 19.3 Å². The summed E-state index contributed by atoms with van der Waals surface area (Å²) in [6.45, 7) is 17.2. The maximum Gasteiger partial charge on any atom is 0.243 e. The van der Waals surface area contributed by atoms with E-state index in [4.69, 9.17) is 0 Å². The highest BCUT2D eigenvalue weighted by molar-refractivity contribution is 7.13. The van der Waals surface area contributed by atoms with Crippen molar-refractivity contribution < 1.29 is 24.6 Å². The Bertz CT molecular complexity index is 2250. The van der Waals surface area contributed by atoms with Crippen molar-refractivity contribution in [2.75, 3.05) is 69.1 Å². The summed E-state index contributed by atoms with van der Waals surface area (Å²) in [4.78, 5) is 56.0. The fourth-order valence-electron chi connectivity index (χ4n) is 9.88. The molecular formula is C48H63N9O5S. The van der Waals surface area contributed by atoms with Crippen molar-refractivity contribution in [2.45, 2.75) is 91.0 Å². The Balaban J connectivity index is 0.791. The highest BCUT2D eigenvalue weighted by atomic mass is 32.1. The third-order valence-electron chi connectivity index (χ3n) is 13.7. The molecule has 4 aromatic rings. The van der Waals surface area contributed by atoms with Gasteiger partial charge in [0.15, 0.2) is 5.82 Å². The largest absolute Gasteiger partial charge is 0.507 e. The average Bonchev–Trinajstić information content (AvgIpc) is 3.89. The first-order valence-corrected chi connectivity index (χ1v) is 23.5. The summed E-state index contributed by atoms with van der Waals surface area (Å²) in [5.74, 6) is 0.471. The molecule has 15 heteroatoms. The molecule has 3 fully saturated rings. The number of para-hydroxylation sites is 1. The molecule has 0 saturated carbocycles. The van der Waals surface area contributed by atoms with Gasteiger partial charge in [-0.05, 0) is 80.4 Å². The van der Waals surface area contributed by atoms with Crippen molar-refractivity contribution in [3.63, 3.8) is 0 Å². The van der Waals surface area contributed by atoms with Gasteiger partial charge in [-0.1, -0.05) is 57.2 Å². The number of likely N-dealkylation sites (tertiary alicyclic amines) is 2. The van der Waals surface area contributed by atoms with Crippen LogP contribution in [0.3, 0.4) is 0 Å². The van der Waals surface area contributed by atoms with Crippen LogP contribution in [-0.4, -0.2) is 135 Å². The number of phenols is 1. The Morgan fingerprint density at radius 3 is 2.46 bits per heavy atom. The maximum absolute atomic E-state index is 14.3. The molecule has 4 aliphatic heterocycles. The van der Waals surface area contributed by atoms with E-state index in [2.05, 4.69) is 40.5 Å². The molecule has 4 N–H and O–H groups in total. The zero-order valence-corrected chi connectivity index (χ0v) is 38.1. The van der Waals surface area contributed by atoms with Crippen LogP contribution in [-0.2, 0) is 14.4 Å². The number of aryl methyl sites for hydroxylation is 1. The number of hydrogen-bond acceptors (Lipinski definition) is 13. The van der Waals surface area contributed by atoms with E-state index in [9.17, 15) is 24.6 Å². The van der Waals surface area contributed by atoms with Gasteiger partial charge in [0.1, 0.15) is 17.6 Å². The number of β-amino-alcohol motifs (C(OH)–C–C–N with tert-alkyl or cyclic N) is 1. The van der Waals surface area contributed by atoms with Crippen LogP contribution >= 0.6 is 11.3 Å². The number of piperidine rings is 1. The van der Waals surface area contributed by atoms with E-state index in [0.717, 1.165) is 91.9 Å². The first-order valence-electron chi connectivity index (χ1n) is 22.6. The molecule has 0 spiro atoms. The number of hydrogen-bond donors (Lipinski definition) is 4. The van der Waals surface area contributed by atoms with Crippen molar-refractivity contribution in [1.29, 1.82) is 0 Å². The molecule has 6 heterocycles. The molecule has 14 nitrogen and oxygen atoms in total. The van der Waals surface area contributed by atoms with Crippen LogP contribution in [0.4, 0.5) is 11.5 Å². The van der Waals surface area contributed by atoms with Gasteiger partial charge < -0.3 is 35.5 Å². The van der Waals surface area contributed by atoms with Crippen LogP contribution in [0.15, 0.2) is 60.1 Å². The maximum atomic E-state index is 14.3. The van der Waals surface area contributed by atoms with E-state index in [0.29, 0.717) is 36.2 Å². The molecule has 1 unspecified atom stereocenters. The average molecular weight is 878 g/mol. The summed E-state index contributed by atoms with van der Waals surface area (Å²) in [6, 6.07) is 16.5. The first kappa shape index (κ1) is 44.6. The number of aromatic nitrogens is 3. The van der Waals surface area contributed by atoms with Crippen molar-refractivity contribution in [3.8, 4) is 27.4 Å². The first-order chi connectivity index (χ1) is 30.2. The number of aliphatic hydroxyl groups excluding tert-OH is 1. The molecule has 4 aliphatic rings. The normalized spacial score (nSPS) is 21.9. The second kappa shape index (κ2) is 19.0. The number of aliphatic hydroxyl groups is 1. The van der Waals surface area contributed by atoms with Gasteiger partial charge in [0.05, 0.1) is 45.7 Å². The predicted molar refractivity (Wildman–Crippen MR) is 247 cm³/mol. The Morgan fingerprint density at radius 2 is 1.75 bits per heavy atom. The number of amides is 2. The Labute approximate surface area is 375 Å². The topological polar surface area (TPSA) is 167 Å². The number of nitrogens with zero attached hydrogens (tertiary/aromatic N) is 7.